The lowest BCUT2D eigenvalue weighted by atomic mass is 9.89. The van der Waals surface area contributed by atoms with Crippen molar-refractivity contribution in [3.8, 4) is 5.75 Å². The summed E-state index contributed by atoms with van der Waals surface area (Å²) in [6.45, 7) is 7.32. The SMILES string of the molecule is Cc1ccc2c(c1)OC(C)(C)CC2NCc1ccccc1. The van der Waals surface area contributed by atoms with Gasteiger partial charge in [0.15, 0.2) is 0 Å². The van der Waals surface area contributed by atoms with Crippen molar-refractivity contribution in [3.63, 3.8) is 0 Å². The summed E-state index contributed by atoms with van der Waals surface area (Å²) in [4.78, 5) is 0. The Bertz CT molecular complexity index is 619. The third-order valence-electron chi connectivity index (χ3n) is 4.02. The highest BCUT2D eigenvalue weighted by Crippen LogP contribution is 2.39. The monoisotopic (exact) mass is 281 g/mol. The van der Waals surface area contributed by atoms with Crippen LogP contribution in [0.5, 0.6) is 5.75 Å². The van der Waals surface area contributed by atoms with Crippen molar-refractivity contribution in [2.45, 2.75) is 45.4 Å². The number of hydrogen-bond donors (Lipinski definition) is 1. The second-order valence-electron chi connectivity index (χ2n) is 6.53. The van der Waals surface area contributed by atoms with Crippen LogP contribution < -0.4 is 10.1 Å². The summed E-state index contributed by atoms with van der Waals surface area (Å²) >= 11 is 0. The molecule has 1 atom stereocenters. The van der Waals surface area contributed by atoms with E-state index in [1.54, 1.807) is 0 Å². The molecule has 1 unspecified atom stereocenters. The van der Waals surface area contributed by atoms with Crippen LogP contribution in [-0.2, 0) is 6.54 Å². The Morgan fingerprint density at radius 1 is 1.14 bits per heavy atom. The molecule has 2 heteroatoms. The summed E-state index contributed by atoms with van der Waals surface area (Å²) in [5.41, 5.74) is 3.70. The number of hydrogen-bond acceptors (Lipinski definition) is 2. The Kier molecular flexibility index (Phi) is 3.73. The molecule has 0 aliphatic carbocycles. The van der Waals surface area contributed by atoms with Crippen LogP contribution in [-0.4, -0.2) is 5.60 Å². The van der Waals surface area contributed by atoms with Crippen LogP contribution in [0.3, 0.4) is 0 Å². The van der Waals surface area contributed by atoms with Gasteiger partial charge in [-0.25, -0.2) is 0 Å². The normalized spacial score (nSPS) is 19.7. The van der Waals surface area contributed by atoms with E-state index in [1.165, 1.54) is 16.7 Å². The Labute approximate surface area is 127 Å². The molecule has 2 aromatic rings. The van der Waals surface area contributed by atoms with Gasteiger partial charge < -0.3 is 10.1 Å². The summed E-state index contributed by atoms with van der Waals surface area (Å²) in [5.74, 6) is 1.02. The van der Waals surface area contributed by atoms with Gasteiger partial charge >= 0.3 is 0 Å². The standard InChI is InChI=1S/C19H23NO/c1-14-9-10-16-17(12-19(2,3)21-18(16)11-14)20-13-15-7-5-4-6-8-15/h4-11,17,20H,12-13H2,1-3H3. The first kappa shape index (κ1) is 14.2. The maximum Gasteiger partial charge on any atom is 0.125 e. The zero-order chi connectivity index (χ0) is 14.9. The topological polar surface area (TPSA) is 21.3 Å². The Morgan fingerprint density at radius 3 is 2.67 bits per heavy atom. The van der Waals surface area contributed by atoms with E-state index in [0.717, 1.165) is 18.7 Å². The molecular formula is C19H23NO. The minimum absolute atomic E-state index is 0.130. The van der Waals surface area contributed by atoms with Gasteiger partial charge in [0, 0.05) is 24.6 Å². The predicted octanol–water partition coefficient (Wildman–Crippen LogP) is 4.39. The molecule has 0 amide bonds. The molecule has 3 rings (SSSR count). The molecule has 2 aromatic carbocycles. The van der Waals surface area contributed by atoms with E-state index in [4.69, 9.17) is 4.74 Å². The number of ether oxygens (including phenoxy) is 1. The molecule has 2 nitrogen and oxygen atoms in total. The Hall–Kier alpha value is -1.80. The number of fused-ring (bicyclic) bond motifs is 1. The van der Waals surface area contributed by atoms with Gasteiger partial charge in [-0.3, -0.25) is 0 Å². The molecule has 0 bridgehead atoms. The molecule has 21 heavy (non-hydrogen) atoms. The van der Waals surface area contributed by atoms with Gasteiger partial charge in [-0.05, 0) is 38.0 Å². The van der Waals surface area contributed by atoms with Crippen LogP contribution in [0, 0.1) is 6.92 Å². The highest BCUT2D eigenvalue weighted by molar-refractivity contribution is 5.41. The zero-order valence-electron chi connectivity index (χ0n) is 13.0. The lowest BCUT2D eigenvalue weighted by molar-refractivity contribution is 0.0656. The number of benzene rings is 2. The molecule has 110 valence electrons. The molecule has 1 aliphatic heterocycles. The van der Waals surface area contributed by atoms with Crippen LogP contribution in [0.15, 0.2) is 48.5 Å². The first-order valence-corrected chi connectivity index (χ1v) is 7.60. The largest absolute Gasteiger partial charge is 0.487 e. The second kappa shape index (κ2) is 5.53. The van der Waals surface area contributed by atoms with Crippen LogP contribution in [0.2, 0.25) is 0 Å². The first-order chi connectivity index (χ1) is 10.0. The van der Waals surface area contributed by atoms with Crippen molar-refractivity contribution in [1.82, 2.24) is 5.32 Å². The summed E-state index contributed by atoms with van der Waals surface area (Å²) in [5, 5.41) is 3.69. The molecular weight excluding hydrogens is 258 g/mol. The molecule has 0 saturated heterocycles. The smallest absolute Gasteiger partial charge is 0.125 e. The molecule has 1 aliphatic rings. The van der Waals surface area contributed by atoms with E-state index in [1.807, 2.05) is 0 Å². The van der Waals surface area contributed by atoms with Crippen LogP contribution >= 0.6 is 0 Å². The van der Waals surface area contributed by atoms with E-state index < -0.39 is 0 Å². The van der Waals surface area contributed by atoms with Gasteiger partial charge in [-0.2, -0.15) is 0 Å². The number of rotatable bonds is 3. The molecule has 1 heterocycles. The zero-order valence-corrected chi connectivity index (χ0v) is 13.0. The summed E-state index contributed by atoms with van der Waals surface area (Å²) in [6, 6.07) is 17.4. The number of nitrogens with one attached hydrogen (secondary N) is 1. The average Bonchev–Trinajstić information content (AvgIpc) is 2.44. The highest BCUT2D eigenvalue weighted by atomic mass is 16.5. The van der Waals surface area contributed by atoms with Crippen molar-refractivity contribution in [1.29, 1.82) is 0 Å². The van der Waals surface area contributed by atoms with Crippen molar-refractivity contribution >= 4 is 0 Å². The Balaban J connectivity index is 1.82. The quantitative estimate of drug-likeness (QED) is 0.901. The predicted molar refractivity (Wildman–Crippen MR) is 86.5 cm³/mol. The minimum Gasteiger partial charge on any atom is -0.487 e. The maximum absolute atomic E-state index is 6.14. The van der Waals surface area contributed by atoms with E-state index in [0.29, 0.717) is 6.04 Å². The van der Waals surface area contributed by atoms with Crippen molar-refractivity contribution < 1.29 is 4.74 Å². The van der Waals surface area contributed by atoms with Gasteiger partial charge in [0.2, 0.25) is 0 Å². The maximum atomic E-state index is 6.14. The van der Waals surface area contributed by atoms with Crippen LogP contribution in [0.4, 0.5) is 0 Å². The Morgan fingerprint density at radius 2 is 1.90 bits per heavy atom. The fourth-order valence-corrected chi connectivity index (χ4v) is 2.98. The van der Waals surface area contributed by atoms with E-state index in [9.17, 15) is 0 Å². The third-order valence-corrected chi connectivity index (χ3v) is 4.02. The molecule has 0 saturated carbocycles. The van der Waals surface area contributed by atoms with Gasteiger partial charge in [-0.1, -0.05) is 42.5 Å². The summed E-state index contributed by atoms with van der Waals surface area (Å²) < 4.78 is 6.14. The van der Waals surface area contributed by atoms with E-state index in [-0.39, 0.29) is 5.60 Å². The minimum atomic E-state index is -0.130. The van der Waals surface area contributed by atoms with Crippen LogP contribution in [0.1, 0.15) is 43.0 Å². The second-order valence-corrected chi connectivity index (χ2v) is 6.53. The van der Waals surface area contributed by atoms with Crippen molar-refractivity contribution in [3.05, 3.63) is 65.2 Å². The van der Waals surface area contributed by atoms with E-state index >= 15 is 0 Å². The third kappa shape index (κ3) is 3.27. The van der Waals surface area contributed by atoms with Crippen molar-refractivity contribution in [2.24, 2.45) is 0 Å². The molecule has 0 spiro atoms. The first-order valence-electron chi connectivity index (χ1n) is 7.60. The van der Waals surface area contributed by atoms with Gasteiger partial charge in [0.1, 0.15) is 11.4 Å². The summed E-state index contributed by atoms with van der Waals surface area (Å²) in [7, 11) is 0. The van der Waals surface area contributed by atoms with Gasteiger partial charge in [0.25, 0.3) is 0 Å². The fraction of sp³-hybridized carbons (Fsp3) is 0.368. The highest BCUT2D eigenvalue weighted by Gasteiger charge is 2.33. The van der Waals surface area contributed by atoms with Crippen LogP contribution in [0.25, 0.3) is 0 Å². The fourth-order valence-electron chi connectivity index (χ4n) is 2.98. The molecule has 0 radical (unpaired) electrons. The lowest BCUT2D eigenvalue weighted by Gasteiger charge is -2.38. The molecule has 1 N–H and O–H groups in total. The average molecular weight is 281 g/mol. The van der Waals surface area contributed by atoms with Gasteiger partial charge in [-0.15, -0.1) is 0 Å². The lowest BCUT2D eigenvalue weighted by Crippen LogP contribution is -2.39. The van der Waals surface area contributed by atoms with Crippen molar-refractivity contribution in [2.75, 3.05) is 0 Å². The van der Waals surface area contributed by atoms with E-state index in [2.05, 4.69) is 74.6 Å². The summed E-state index contributed by atoms with van der Waals surface area (Å²) in [6.07, 6.45) is 0.982. The molecule has 0 aromatic heterocycles. The molecule has 0 fully saturated rings. The van der Waals surface area contributed by atoms with Gasteiger partial charge in [0.05, 0.1) is 0 Å². The number of aryl methyl sites for hydroxylation is 1.